The molecule has 6 heteroatoms. The number of amides is 1. The number of phenols is 1. The van der Waals surface area contributed by atoms with Gasteiger partial charge in [0, 0.05) is 24.7 Å². The highest BCUT2D eigenvalue weighted by Gasteiger charge is 2.12. The summed E-state index contributed by atoms with van der Waals surface area (Å²) >= 11 is 0. The molecule has 0 radical (unpaired) electrons. The van der Waals surface area contributed by atoms with E-state index in [1.165, 1.54) is 11.6 Å². The summed E-state index contributed by atoms with van der Waals surface area (Å²) in [4.78, 5) is 12.2. The zero-order chi connectivity index (χ0) is 24.3. The minimum absolute atomic E-state index is 0.0197. The minimum Gasteiger partial charge on any atom is -0.508 e. The fourth-order valence-electron chi connectivity index (χ4n) is 3.83. The van der Waals surface area contributed by atoms with Crippen LogP contribution in [-0.2, 0) is 30.7 Å². The lowest BCUT2D eigenvalue weighted by Gasteiger charge is -2.18. The molecule has 0 aliphatic carbocycles. The van der Waals surface area contributed by atoms with Crippen molar-refractivity contribution >= 4 is 5.91 Å². The fourth-order valence-corrected chi connectivity index (χ4v) is 3.83. The van der Waals surface area contributed by atoms with E-state index in [2.05, 4.69) is 29.7 Å². The van der Waals surface area contributed by atoms with Gasteiger partial charge < -0.3 is 26.0 Å². The molecule has 0 bridgehead atoms. The summed E-state index contributed by atoms with van der Waals surface area (Å²) < 4.78 is 0. The predicted octanol–water partition coefficient (Wildman–Crippen LogP) is 3.04. The lowest BCUT2D eigenvalue weighted by molar-refractivity contribution is -0.120. The summed E-state index contributed by atoms with van der Waals surface area (Å²) in [6, 6.07) is 23.0. The molecular formula is C28H34N2O4. The molecule has 2 unspecified atom stereocenters. The van der Waals surface area contributed by atoms with Crippen LogP contribution in [0.5, 0.6) is 5.75 Å². The lowest BCUT2D eigenvalue weighted by Crippen LogP contribution is -2.32. The second-order valence-corrected chi connectivity index (χ2v) is 8.65. The number of aromatic hydroxyl groups is 1. The SMILES string of the molecule is CC(Cc1ccc(CC(=O)NCCc2ccccc2)cc1)NCC(O)c1ccc(O)c(CO)c1. The standard InChI is InChI=1S/C28H34N2O4/c1-20(30-18-27(33)24-11-12-26(32)25(17-24)19-31)15-22-7-9-23(10-8-22)16-28(34)29-14-13-21-5-3-2-4-6-21/h2-12,17,20,27,30-33H,13-16,18-19H2,1H3,(H,29,34). The van der Waals surface area contributed by atoms with E-state index in [1.807, 2.05) is 42.5 Å². The number of aliphatic hydroxyl groups is 2. The van der Waals surface area contributed by atoms with Crippen LogP contribution in [-0.4, -0.2) is 40.4 Å². The summed E-state index contributed by atoms with van der Waals surface area (Å²) in [5, 5.41) is 35.7. The van der Waals surface area contributed by atoms with Crippen molar-refractivity contribution < 1.29 is 20.1 Å². The number of hydrogen-bond acceptors (Lipinski definition) is 5. The normalized spacial score (nSPS) is 12.8. The number of hydrogen-bond donors (Lipinski definition) is 5. The predicted molar refractivity (Wildman–Crippen MR) is 133 cm³/mol. The third-order valence-electron chi connectivity index (χ3n) is 5.83. The maximum Gasteiger partial charge on any atom is 0.224 e. The number of rotatable bonds is 12. The Kier molecular flexibility index (Phi) is 9.64. The van der Waals surface area contributed by atoms with Crippen LogP contribution in [0.25, 0.3) is 0 Å². The highest BCUT2D eigenvalue weighted by atomic mass is 16.3. The fraction of sp³-hybridized carbons (Fsp3) is 0.321. The molecule has 5 N–H and O–H groups in total. The van der Waals surface area contributed by atoms with Gasteiger partial charge in [-0.1, -0.05) is 60.7 Å². The van der Waals surface area contributed by atoms with Gasteiger partial charge in [-0.2, -0.15) is 0 Å². The van der Waals surface area contributed by atoms with E-state index < -0.39 is 6.10 Å². The Labute approximate surface area is 201 Å². The highest BCUT2D eigenvalue weighted by Crippen LogP contribution is 2.22. The molecule has 0 heterocycles. The summed E-state index contributed by atoms with van der Waals surface area (Å²) in [6.07, 6.45) is 1.22. The first-order chi connectivity index (χ1) is 16.4. The van der Waals surface area contributed by atoms with Gasteiger partial charge in [-0.15, -0.1) is 0 Å². The molecular weight excluding hydrogens is 428 g/mol. The monoisotopic (exact) mass is 462 g/mol. The van der Waals surface area contributed by atoms with E-state index in [9.17, 15) is 20.1 Å². The second-order valence-electron chi connectivity index (χ2n) is 8.65. The summed E-state index contributed by atoms with van der Waals surface area (Å²) in [5.41, 5.74) is 4.38. The number of benzene rings is 3. The van der Waals surface area contributed by atoms with Crippen molar-refractivity contribution in [2.45, 2.75) is 44.9 Å². The van der Waals surface area contributed by atoms with Gasteiger partial charge in [0.25, 0.3) is 0 Å². The highest BCUT2D eigenvalue weighted by molar-refractivity contribution is 5.78. The Hall–Kier alpha value is -3.19. The van der Waals surface area contributed by atoms with Gasteiger partial charge in [-0.3, -0.25) is 4.79 Å². The van der Waals surface area contributed by atoms with Crippen LogP contribution in [0.4, 0.5) is 0 Å². The van der Waals surface area contributed by atoms with Crippen molar-refractivity contribution in [1.29, 1.82) is 0 Å². The summed E-state index contributed by atoms with van der Waals surface area (Å²) in [7, 11) is 0. The quantitative estimate of drug-likeness (QED) is 0.285. The molecule has 0 spiro atoms. The number of carbonyl (C=O) groups is 1. The first-order valence-corrected chi connectivity index (χ1v) is 11.7. The maximum atomic E-state index is 12.2. The topological polar surface area (TPSA) is 102 Å². The summed E-state index contributed by atoms with van der Waals surface area (Å²) in [6.45, 7) is 2.76. The van der Waals surface area contributed by atoms with Crippen molar-refractivity contribution in [1.82, 2.24) is 10.6 Å². The molecule has 0 aromatic heterocycles. The van der Waals surface area contributed by atoms with E-state index >= 15 is 0 Å². The van der Waals surface area contributed by atoms with Gasteiger partial charge in [-0.05, 0) is 54.2 Å². The largest absolute Gasteiger partial charge is 0.508 e. The average molecular weight is 463 g/mol. The average Bonchev–Trinajstić information content (AvgIpc) is 2.84. The van der Waals surface area contributed by atoms with Crippen molar-refractivity contribution in [3.8, 4) is 5.75 Å². The van der Waals surface area contributed by atoms with Crippen LogP contribution < -0.4 is 10.6 Å². The first-order valence-electron chi connectivity index (χ1n) is 11.7. The number of carbonyl (C=O) groups excluding carboxylic acids is 1. The molecule has 0 saturated carbocycles. The van der Waals surface area contributed by atoms with E-state index in [4.69, 9.17) is 0 Å². The minimum atomic E-state index is -0.740. The van der Waals surface area contributed by atoms with Crippen LogP contribution in [0.1, 0.15) is 40.8 Å². The molecule has 0 aliphatic rings. The zero-order valence-corrected chi connectivity index (χ0v) is 19.6. The molecule has 34 heavy (non-hydrogen) atoms. The maximum absolute atomic E-state index is 12.2. The molecule has 2 atom stereocenters. The van der Waals surface area contributed by atoms with Gasteiger partial charge in [0.2, 0.25) is 5.91 Å². The van der Waals surface area contributed by atoms with Crippen molar-refractivity contribution in [3.63, 3.8) is 0 Å². The van der Waals surface area contributed by atoms with Crippen LogP contribution in [0.3, 0.4) is 0 Å². The van der Waals surface area contributed by atoms with E-state index in [0.29, 0.717) is 30.6 Å². The van der Waals surface area contributed by atoms with Gasteiger partial charge in [0.1, 0.15) is 5.75 Å². The number of nitrogens with one attached hydrogen (secondary N) is 2. The van der Waals surface area contributed by atoms with Crippen LogP contribution >= 0.6 is 0 Å². The third kappa shape index (κ3) is 7.99. The molecule has 0 fully saturated rings. The molecule has 3 rings (SSSR count). The summed E-state index contributed by atoms with van der Waals surface area (Å²) in [5.74, 6) is 0.0409. The van der Waals surface area contributed by atoms with Crippen LogP contribution in [0, 0.1) is 0 Å². The third-order valence-corrected chi connectivity index (χ3v) is 5.83. The molecule has 3 aromatic rings. The van der Waals surface area contributed by atoms with E-state index in [1.54, 1.807) is 12.1 Å². The van der Waals surface area contributed by atoms with E-state index in [0.717, 1.165) is 24.0 Å². The zero-order valence-electron chi connectivity index (χ0n) is 19.6. The van der Waals surface area contributed by atoms with Crippen molar-refractivity contribution in [2.75, 3.05) is 13.1 Å². The van der Waals surface area contributed by atoms with E-state index in [-0.39, 0.29) is 24.3 Å². The van der Waals surface area contributed by atoms with Gasteiger partial charge in [0.05, 0.1) is 19.1 Å². The molecule has 180 valence electrons. The first kappa shape index (κ1) is 25.4. The Bertz CT molecular complexity index is 1040. The van der Waals surface area contributed by atoms with Crippen molar-refractivity contribution in [3.05, 3.63) is 101 Å². The molecule has 1 amide bonds. The number of aliphatic hydroxyl groups excluding tert-OH is 2. The Balaban J connectivity index is 1.39. The Morgan fingerprint density at radius 2 is 1.65 bits per heavy atom. The van der Waals surface area contributed by atoms with Gasteiger partial charge in [0.15, 0.2) is 0 Å². The van der Waals surface area contributed by atoms with Gasteiger partial charge >= 0.3 is 0 Å². The smallest absolute Gasteiger partial charge is 0.224 e. The second kappa shape index (κ2) is 12.9. The van der Waals surface area contributed by atoms with Crippen LogP contribution in [0.2, 0.25) is 0 Å². The molecule has 0 saturated heterocycles. The van der Waals surface area contributed by atoms with Crippen LogP contribution in [0.15, 0.2) is 72.8 Å². The molecule has 3 aromatic carbocycles. The Morgan fingerprint density at radius 3 is 2.35 bits per heavy atom. The molecule has 0 aliphatic heterocycles. The Morgan fingerprint density at radius 1 is 0.941 bits per heavy atom. The van der Waals surface area contributed by atoms with Crippen molar-refractivity contribution in [2.24, 2.45) is 0 Å². The van der Waals surface area contributed by atoms with Gasteiger partial charge in [-0.25, -0.2) is 0 Å². The molecule has 6 nitrogen and oxygen atoms in total. The lowest BCUT2D eigenvalue weighted by atomic mass is 10.0.